The molecule has 0 bridgehead atoms. The van der Waals surface area contributed by atoms with Gasteiger partial charge in [0, 0.05) is 19.3 Å². The van der Waals surface area contributed by atoms with Crippen molar-refractivity contribution in [3.8, 4) is 0 Å². The van der Waals surface area contributed by atoms with E-state index in [2.05, 4.69) is 118 Å². The summed E-state index contributed by atoms with van der Waals surface area (Å²) in [5.41, 5.74) is 0. The number of esters is 3. The van der Waals surface area contributed by atoms with Gasteiger partial charge in [-0.25, -0.2) is 0 Å². The predicted octanol–water partition coefficient (Wildman–Crippen LogP) is 16.2. The van der Waals surface area contributed by atoms with Crippen molar-refractivity contribution in [1.82, 2.24) is 0 Å². The van der Waals surface area contributed by atoms with Crippen LogP contribution in [0.2, 0.25) is 0 Å². The predicted molar refractivity (Wildman–Crippen MR) is 260 cm³/mol. The van der Waals surface area contributed by atoms with Gasteiger partial charge in [0.15, 0.2) is 6.10 Å². The second-order valence-electron chi connectivity index (χ2n) is 16.0. The quantitative estimate of drug-likeness (QED) is 0.0200. The smallest absolute Gasteiger partial charge is 0.306 e. The highest BCUT2D eigenvalue weighted by Gasteiger charge is 2.19. The van der Waals surface area contributed by atoms with E-state index in [1.54, 1.807) is 0 Å². The number of rotatable bonds is 43. The minimum absolute atomic E-state index is 0.0965. The number of allylic oxidation sites excluding steroid dienone is 16. The van der Waals surface area contributed by atoms with Crippen molar-refractivity contribution < 1.29 is 28.6 Å². The van der Waals surface area contributed by atoms with Gasteiger partial charge in [-0.15, -0.1) is 0 Å². The fraction of sp³-hybridized carbons (Fsp3) is 0.655. The Morgan fingerprint density at radius 3 is 1.20 bits per heavy atom. The summed E-state index contributed by atoms with van der Waals surface area (Å²) in [4.78, 5) is 37.9. The van der Waals surface area contributed by atoms with Gasteiger partial charge in [0.1, 0.15) is 13.2 Å². The van der Waals surface area contributed by atoms with Crippen molar-refractivity contribution in [2.24, 2.45) is 0 Å². The molecule has 0 heterocycles. The first-order valence-electron chi connectivity index (χ1n) is 24.8. The molecule has 0 aliphatic carbocycles. The number of ether oxygens (including phenoxy) is 3. The summed E-state index contributed by atoms with van der Waals surface area (Å²) in [6.45, 7) is 6.32. The minimum atomic E-state index is -0.800. The van der Waals surface area contributed by atoms with E-state index in [9.17, 15) is 14.4 Å². The third-order valence-electron chi connectivity index (χ3n) is 10.1. The molecule has 0 aromatic rings. The maximum Gasteiger partial charge on any atom is 0.306 e. The van der Waals surface area contributed by atoms with Gasteiger partial charge in [-0.05, 0) is 83.5 Å². The molecule has 0 fully saturated rings. The fourth-order valence-corrected chi connectivity index (χ4v) is 6.47. The van der Waals surface area contributed by atoms with Gasteiger partial charge in [-0.2, -0.15) is 0 Å². The monoisotopic (exact) mass is 847 g/mol. The number of unbranched alkanes of at least 4 members (excludes halogenated alkanes) is 18. The highest BCUT2D eigenvalue weighted by atomic mass is 16.6. The van der Waals surface area contributed by atoms with Crippen molar-refractivity contribution in [3.63, 3.8) is 0 Å². The number of carbonyl (C=O) groups excluding carboxylic acids is 3. The molecule has 0 aromatic heterocycles. The van der Waals surface area contributed by atoms with Crippen molar-refractivity contribution >= 4 is 17.9 Å². The Balaban J connectivity index is 4.46. The molecule has 0 rings (SSSR count). The molecule has 0 saturated heterocycles. The van der Waals surface area contributed by atoms with E-state index in [1.165, 1.54) is 51.4 Å². The lowest BCUT2D eigenvalue weighted by atomic mass is 10.1. The van der Waals surface area contributed by atoms with Gasteiger partial charge in [-0.3, -0.25) is 14.4 Å². The fourth-order valence-electron chi connectivity index (χ4n) is 6.47. The van der Waals surface area contributed by atoms with Crippen molar-refractivity contribution in [1.29, 1.82) is 0 Å². The molecule has 1 unspecified atom stereocenters. The Kier molecular flexibility index (Phi) is 46.0. The maximum atomic E-state index is 12.8. The Hall–Kier alpha value is -3.67. The maximum absolute atomic E-state index is 12.8. The summed E-state index contributed by atoms with van der Waals surface area (Å²) < 4.78 is 16.7. The lowest BCUT2D eigenvalue weighted by Gasteiger charge is -2.18. The van der Waals surface area contributed by atoms with E-state index in [-0.39, 0.29) is 31.1 Å². The van der Waals surface area contributed by atoms with Gasteiger partial charge in [-0.1, -0.05) is 208 Å². The molecule has 0 aromatic carbocycles. The van der Waals surface area contributed by atoms with Crippen LogP contribution in [-0.2, 0) is 28.6 Å². The molecule has 0 N–H and O–H groups in total. The molecule has 6 nitrogen and oxygen atoms in total. The first-order valence-corrected chi connectivity index (χ1v) is 24.8. The topological polar surface area (TPSA) is 78.9 Å². The number of hydrogen-bond donors (Lipinski definition) is 0. The van der Waals surface area contributed by atoms with Crippen LogP contribution >= 0.6 is 0 Å². The summed E-state index contributed by atoms with van der Waals surface area (Å²) >= 11 is 0. The first-order chi connectivity index (χ1) is 30.0. The van der Waals surface area contributed by atoms with Gasteiger partial charge < -0.3 is 14.2 Å². The average molecular weight is 847 g/mol. The minimum Gasteiger partial charge on any atom is -0.462 e. The van der Waals surface area contributed by atoms with Crippen molar-refractivity contribution in [2.75, 3.05) is 13.2 Å². The third kappa shape index (κ3) is 47.2. The van der Waals surface area contributed by atoms with Gasteiger partial charge in [0.25, 0.3) is 0 Å². The van der Waals surface area contributed by atoms with Crippen LogP contribution in [0.15, 0.2) is 97.2 Å². The second-order valence-corrected chi connectivity index (χ2v) is 16.0. The molecule has 0 aliphatic heterocycles. The van der Waals surface area contributed by atoms with Gasteiger partial charge >= 0.3 is 17.9 Å². The Labute approximate surface area is 375 Å². The van der Waals surface area contributed by atoms with Crippen LogP contribution in [0.3, 0.4) is 0 Å². The van der Waals surface area contributed by atoms with Crippen LogP contribution in [0.25, 0.3) is 0 Å². The van der Waals surface area contributed by atoms with E-state index >= 15 is 0 Å². The molecule has 0 radical (unpaired) electrons. The molecule has 61 heavy (non-hydrogen) atoms. The third-order valence-corrected chi connectivity index (χ3v) is 10.1. The summed E-state index contributed by atoms with van der Waals surface area (Å²) in [6, 6.07) is 0. The Morgan fingerprint density at radius 2 is 0.721 bits per heavy atom. The SMILES string of the molecule is CC\C=C/C=C\C=C/CCCCCCCC(=O)OC(COC(=O)CCCCC/C=C\C/C=C\C/C=C\C/C=C\C/C=C\CC)COC(=O)CCCCCCCCCCCCC. The van der Waals surface area contributed by atoms with Gasteiger partial charge in [0.2, 0.25) is 0 Å². The lowest BCUT2D eigenvalue weighted by molar-refractivity contribution is -0.167. The van der Waals surface area contributed by atoms with E-state index in [1.807, 2.05) is 0 Å². The molecule has 0 amide bonds. The van der Waals surface area contributed by atoms with Crippen molar-refractivity contribution in [2.45, 2.75) is 219 Å². The van der Waals surface area contributed by atoms with Gasteiger partial charge in [0.05, 0.1) is 0 Å². The number of hydrogen-bond acceptors (Lipinski definition) is 6. The molecule has 6 heteroatoms. The highest BCUT2D eigenvalue weighted by Crippen LogP contribution is 2.14. The molecule has 0 saturated carbocycles. The van der Waals surface area contributed by atoms with E-state index in [4.69, 9.17) is 14.2 Å². The zero-order valence-electron chi connectivity index (χ0n) is 39.4. The molecular weight excluding hydrogens is 757 g/mol. The molecule has 0 spiro atoms. The normalized spacial score (nSPS) is 12.9. The van der Waals surface area contributed by atoms with Crippen molar-refractivity contribution in [3.05, 3.63) is 97.2 Å². The van der Waals surface area contributed by atoms with Crippen LogP contribution in [-0.4, -0.2) is 37.2 Å². The highest BCUT2D eigenvalue weighted by molar-refractivity contribution is 5.71. The second kappa shape index (κ2) is 49.0. The largest absolute Gasteiger partial charge is 0.462 e. The molecule has 0 aliphatic rings. The van der Waals surface area contributed by atoms with E-state index in [0.29, 0.717) is 19.3 Å². The summed E-state index contributed by atoms with van der Waals surface area (Å²) in [5.74, 6) is -0.957. The first kappa shape index (κ1) is 57.3. The standard InChI is InChI=1S/C55H90O6/c1-4-7-10-13-16-19-22-24-25-26-27-28-29-31-33-36-39-42-45-48-54(57)60-51-52(50-59-53(56)47-44-41-38-35-32-21-18-15-12-9-6-3)61-55(58)49-46-43-40-37-34-30-23-20-17-14-11-8-5-2/h7-8,10-11,14,16-17,19-20,23-25,27-28,31,33,52H,4-6,9,12-13,15,18,21-22,26,29-30,32,34-51H2,1-3H3/b10-7-,11-8-,17-14-,19-16-,23-20-,25-24-,28-27-,33-31-. The van der Waals surface area contributed by atoms with E-state index < -0.39 is 6.10 Å². The lowest BCUT2D eigenvalue weighted by Crippen LogP contribution is -2.30. The number of carbonyl (C=O) groups is 3. The van der Waals surface area contributed by atoms with Crippen LogP contribution in [0.4, 0.5) is 0 Å². The summed E-state index contributed by atoms with van der Waals surface area (Å²) in [7, 11) is 0. The zero-order valence-corrected chi connectivity index (χ0v) is 39.4. The van der Waals surface area contributed by atoms with Crippen LogP contribution in [0, 0.1) is 0 Å². The van der Waals surface area contributed by atoms with Crippen LogP contribution < -0.4 is 0 Å². The Morgan fingerprint density at radius 1 is 0.361 bits per heavy atom. The van der Waals surface area contributed by atoms with E-state index in [0.717, 1.165) is 122 Å². The summed E-state index contributed by atoms with van der Waals surface area (Å²) in [6.07, 6.45) is 63.9. The molecule has 1 atom stereocenters. The average Bonchev–Trinajstić information content (AvgIpc) is 3.26. The zero-order chi connectivity index (χ0) is 44.4. The molecular formula is C55H90O6. The van der Waals surface area contributed by atoms with Crippen LogP contribution in [0.5, 0.6) is 0 Å². The molecule has 346 valence electrons. The Bertz CT molecular complexity index is 1250. The summed E-state index contributed by atoms with van der Waals surface area (Å²) in [5, 5.41) is 0. The van der Waals surface area contributed by atoms with Crippen LogP contribution in [0.1, 0.15) is 213 Å².